The molecule has 2 saturated heterocycles. The van der Waals surface area contributed by atoms with Gasteiger partial charge in [-0.3, -0.25) is 14.4 Å². The summed E-state index contributed by atoms with van der Waals surface area (Å²) < 4.78 is 6.97. The molecule has 0 aromatic heterocycles. The van der Waals surface area contributed by atoms with E-state index in [1.54, 1.807) is 14.7 Å². The van der Waals surface area contributed by atoms with E-state index in [1.807, 2.05) is 93.6 Å². The van der Waals surface area contributed by atoms with E-state index < -0.39 is 29.1 Å². The van der Waals surface area contributed by atoms with Crippen LogP contribution in [0.3, 0.4) is 0 Å². The van der Waals surface area contributed by atoms with E-state index in [1.165, 1.54) is 0 Å². The normalized spacial score (nSPS) is 29.9. The number of para-hydroxylation sites is 1. The molecule has 0 saturated carbocycles. The minimum absolute atomic E-state index is 0.131. The van der Waals surface area contributed by atoms with Crippen molar-refractivity contribution in [1.29, 1.82) is 0 Å². The lowest BCUT2D eigenvalue weighted by Crippen LogP contribution is -2.56. The third-order valence-electron chi connectivity index (χ3n) is 9.59. The third kappa shape index (κ3) is 4.81. The van der Waals surface area contributed by atoms with Crippen molar-refractivity contribution in [3.05, 3.63) is 84.0 Å². The maximum absolute atomic E-state index is 14.7. The SMILES string of the molecule is Cc1ccc(C)c(N2CC=C[C@]34O[C@@]5(C)C=CCN(c6ccccc6)C(=O)[C@H]5[C@H]3C(=O)N(CCCCCCO)C4C2=O)c1. The molecular weight excluding hydrogens is 542 g/mol. The quantitative estimate of drug-likeness (QED) is 0.369. The molecule has 3 amide bonds. The third-order valence-corrected chi connectivity index (χ3v) is 9.59. The van der Waals surface area contributed by atoms with E-state index in [9.17, 15) is 19.5 Å². The van der Waals surface area contributed by atoms with Crippen LogP contribution in [0.1, 0.15) is 43.7 Å². The first-order chi connectivity index (χ1) is 20.7. The molecule has 1 N–H and O–H groups in total. The topological polar surface area (TPSA) is 90.4 Å². The lowest BCUT2D eigenvalue weighted by atomic mass is 9.74. The van der Waals surface area contributed by atoms with Gasteiger partial charge in [0.25, 0.3) is 5.91 Å². The minimum atomic E-state index is -1.29. The molecule has 2 fully saturated rings. The van der Waals surface area contributed by atoms with Crippen molar-refractivity contribution >= 4 is 29.1 Å². The van der Waals surface area contributed by atoms with Gasteiger partial charge in [0, 0.05) is 37.6 Å². The Balaban J connectivity index is 1.43. The first-order valence-corrected chi connectivity index (χ1v) is 15.4. The fourth-order valence-corrected chi connectivity index (χ4v) is 7.58. The Morgan fingerprint density at radius 2 is 1.56 bits per heavy atom. The number of amides is 3. The highest BCUT2D eigenvalue weighted by molar-refractivity contribution is 6.07. The highest BCUT2D eigenvalue weighted by Gasteiger charge is 2.74. The largest absolute Gasteiger partial charge is 0.396 e. The minimum Gasteiger partial charge on any atom is -0.396 e. The Labute approximate surface area is 253 Å². The molecule has 0 radical (unpaired) electrons. The number of benzene rings is 2. The summed E-state index contributed by atoms with van der Waals surface area (Å²) in [7, 11) is 0. The molecule has 226 valence electrons. The number of nitrogens with zero attached hydrogens (tertiary/aromatic N) is 3. The van der Waals surface area contributed by atoms with Crippen LogP contribution in [0, 0.1) is 25.7 Å². The van der Waals surface area contributed by atoms with Crippen molar-refractivity contribution in [2.75, 3.05) is 36.0 Å². The molecular formula is C35H41N3O5. The lowest BCUT2D eigenvalue weighted by Gasteiger charge is -2.37. The molecule has 8 nitrogen and oxygen atoms in total. The van der Waals surface area contributed by atoms with E-state index in [2.05, 4.69) is 0 Å². The number of carbonyl (C=O) groups excluding carboxylic acids is 3. The second-order valence-electron chi connectivity index (χ2n) is 12.5. The van der Waals surface area contributed by atoms with Gasteiger partial charge in [0.1, 0.15) is 11.6 Å². The fourth-order valence-electron chi connectivity index (χ4n) is 7.58. The zero-order chi connectivity index (χ0) is 30.4. The van der Waals surface area contributed by atoms with Crippen LogP contribution in [0.15, 0.2) is 72.8 Å². The van der Waals surface area contributed by atoms with Crippen molar-refractivity contribution < 1.29 is 24.2 Å². The van der Waals surface area contributed by atoms with Crippen molar-refractivity contribution in [2.24, 2.45) is 11.8 Å². The van der Waals surface area contributed by atoms with Gasteiger partial charge >= 0.3 is 0 Å². The molecule has 0 aliphatic carbocycles. The second-order valence-corrected chi connectivity index (χ2v) is 12.5. The van der Waals surface area contributed by atoms with Gasteiger partial charge in [0.15, 0.2) is 0 Å². The van der Waals surface area contributed by atoms with Crippen LogP contribution in [0.4, 0.5) is 11.4 Å². The molecule has 5 atom stereocenters. The summed E-state index contributed by atoms with van der Waals surface area (Å²) in [6.45, 7) is 7.10. The van der Waals surface area contributed by atoms with Crippen molar-refractivity contribution in [1.82, 2.24) is 4.90 Å². The Morgan fingerprint density at radius 3 is 2.33 bits per heavy atom. The van der Waals surface area contributed by atoms with Gasteiger partial charge in [-0.25, -0.2) is 0 Å². The highest BCUT2D eigenvalue weighted by Crippen LogP contribution is 2.57. The summed E-state index contributed by atoms with van der Waals surface area (Å²) in [5, 5.41) is 9.23. The zero-order valence-electron chi connectivity index (χ0n) is 25.2. The van der Waals surface area contributed by atoms with Crippen molar-refractivity contribution in [3.8, 4) is 0 Å². The van der Waals surface area contributed by atoms with Gasteiger partial charge in [-0.1, -0.05) is 67.5 Å². The van der Waals surface area contributed by atoms with Crippen LogP contribution in [0.25, 0.3) is 0 Å². The molecule has 2 aromatic carbocycles. The van der Waals surface area contributed by atoms with E-state index in [4.69, 9.17) is 4.74 Å². The summed E-state index contributed by atoms with van der Waals surface area (Å²) in [5.41, 5.74) is 1.24. The summed E-state index contributed by atoms with van der Waals surface area (Å²) in [6.07, 6.45) is 10.7. The summed E-state index contributed by atoms with van der Waals surface area (Å²) >= 11 is 0. The maximum atomic E-state index is 14.7. The molecule has 2 aromatic rings. The highest BCUT2D eigenvalue weighted by atomic mass is 16.5. The van der Waals surface area contributed by atoms with Crippen LogP contribution < -0.4 is 9.80 Å². The monoisotopic (exact) mass is 583 g/mol. The number of unbranched alkanes of at least 4 members (excludes halogenated alkanes) is 3. The number of rotatable bonds is 8. The summed E-state index contributed by atoms with van der Waals surface area (Å²) in [5.74, 6) is -2.22. The number of aliphatic hydroxyl groups excluding tert-OH is 1. The summed E-state index contributed by atoms with van der Waals surface area (Å²) in [6, 6.07) is 14.6. The number of fused-ring (bicyclic) bond motifs is 2. The molecule has 4 aliphatic rings. The molecule has 4 aliphatic heterocycles. The van der Waals surface area contributed by atoms with E-state index in [-0.39, 0.29) is 24.3 Å². The van der Waals surface area contributed by atoms with Crippen molar-refractivity contribution in [3.63, 3.8) is 0 Å². The number of likely N-dealkylation sites (tertiary alicyclic amines) is 1. The number of anilines is 2. The molecule has 0 bridgehead atoms. The standard InChI is InChI=1S/C35H41N3O5/c1-24-15-16-25(2)27(23-24)37-21-12-18-35-29(32(41)38(30(35)33(37)42)19-9-4-5-10-22-39)28-31(40)36(26-13-7-6-8-14-26)20-11-17-34(28,3)43-35/h6-8,11-18,23,28-30,39H,4-5,9-10,19-22H2,1-3H3/t28-,29+,30?,34+,35+/m1/s1. The number of hydrogen-bond donors (Lipinski definition) is 1. The van der Waals surface area contributed by atoms with Crippen LogP contribution >= 0.6 is 0 Å². The van der Waals surface area contributed by atoms with E-state index in [0.717, 1.165) is 35.3 Å². The van der Waals surface area contributed by atoms with Crippen LogP contribution in [-0.4, -0.2) is 71.2 Å². The number of aliphatic hydroxyl groups is 1. The lowest BCUT2D eigenvalue weighted by molar-refractivity contribution is -0.144. The second kappa shape index (κ2) is 11.4. The smallest absolute Gasteiger partial charge is 0.253 e. The maximum Gasteiger partial charge on any atom is 0.253 e. The van der Waals surface area contributed by atoms with E-state index in [0.29, 0.717) is 32.5 Å². The Bertz CT molecular complexity index is 1470. The van der Waals surface area contributed by atoms with Gasteiger partial charge < -0.3 is 24.5 Å². The number of carbonyl (C=O) groups is 3. The Morgan fingerprint density at radius 1 is 0.837 bits per heavy atom. The van der Waals surface area contributed by atoms with Crippen LogP contribution in [-0.2, 0) is 19.1 Å². The predicted octanol–water partition coefficient (Wildman–Crippen LogP) is 4.33. The molecule has 8 heteroatoms. The van der Waals surface area contributed by atoms with Gasteiger partial charge in [0.05, 0.1) is 17.4 Å². The zero-order valence-corrected chi connectivity index (χ0v) is 25.2. The fraction of sp³-hybridized carbons (Fsp3) is 0.457. The van der Waals surface area contributed by atoms with Gasteiger partial charge in [-0.2, -0.15) is 0 Å². The average Bonchev–Trinajstić information content (AvgIpc) is 3.25. The first-order valence-electron chi connectivity index (χ1n) is 15.4. The number of ether oxygens (including phenoxy) is 1. The van der Waals surface area contributed by atoms with Gasteiger partial charge in [-0.05, 0) is 62.9 Å². The molecule has 4 heterocycles. The van der Waals surface area contributed by atoms with Gasteiger partial charge in [0.2, 0.25) is 11.8 Å². The van der Waals surface area contributed by atoms with Gasteiger partial charge in [-0.15, -0.1) is 0 Å². The number of hydrogen-bond acceptors (Lipinski definition) is 5. The molecule has 6 rings (SSSR count). The predicted molar refractivity (Wildman–Crippen MR) is 166 cm³/mol. The molecule has 1 spiro atoms. The van der Waals surface area contributed by atoms with Crippen LogP contribution in [0.5, 0.6) is 0 Å². The number of aryl methyl sites for hydroxylation is 2. The first kappa shape index (κ1) is 29.3. The van der Waals surface area contributed by atoms with Crippen LogP contribution in [0.2, 0.25) is 0 Å². The Hall–Kier alpha value is -3.75. The molecule has 43 heavy (non-hydrogen) atoms. The van der Waals surface area contributed by atoms with Crippen molar-refractivity contribution in [2.45, 2.75) is 63.7 Å². The van der Waals surface area contributed by atoms with E-state index >= 15 is 0 Å². The Kier molecular flexibility index (Phi) is 7.77. The average molecular weight is 584 g/mol. The summed E-state index contributed by atoms with van der Waals surface area (Å²) in [4.78, 5) is 49.0. The molecule has 1 unspecified atom stereocenters.